The summed E-state index contributed by atoms with van der Waals surface area (Å²) < 4.78 is 11.7. The molecule has 2 fully saturated rings. The van der Waals surface area contributed by atoms with Crippen LogP contribution in [0, 0.1) is 23.7 Å². The van der Waals surface area contributed by atoms with Crippen LogP contribution in [0.3, 0.4) is 0 Å². The standard InChI is InChI=1S/C28H37NO5/c1-3-4-7-19(2)23(30)13-12-21-24(31)18-25-27(21)22-10-5-8-20(28(22)34-25)9-6-11-26(32)29-14-16-33-17-15-29/h5,8,10,12-13,19,21,23-25,27,30-31H,6-7,9,11,14-18H2,1-2H3/b13-12+/t19-,21+,23-,24-,25+,27+/m1/s1. The van der Waals surface area contributed by atoms with Crippen molar-refractivity contribution in [1.29, 1.82) is 0 Å². The molecule has 6 atom stereocenters. The van der Waals surface area contributed by atoms with Gasteiger partial charge in [0.15, 0.2) is 0 Å². The maximum Gasteiger partial charge on any atom is 0.222 e. The van der Waals surface area contributed by atoms with Gasteiger partial charge in [-0.15, -0.1) is 11.8 Å². The van der Waals surface area contributed by atoms with E-state index in [0.717, 1.165) is 29.7 Å². The second-order valence-corrected chi connectivity index (χ2v) is 9.73. The number of aryl methyl sites for hydroxylation is 1. The minimum Gasteiger partial charge on any atom is -0.489 e. The Hall–Kier alpha value is -2.33. The number of rotatable bonds is 8. The van der Waals surface area contributed by atoms with E-state index in [-0.39, 0.29) is 29.8 Å². The Morgan fingerprint density at radius 2 is 2.12 bits per heavy atom. The molecular weight excluding hydrogens is 430 g/mol. The number of ether oxygens (including phenoxy) is 2. The van der Waals surface area contributed by atoms with Crippen molar-refractivity contribution >= 4 is 5.91 Å². The first-order valence-electron chi connectivity index (χ1n) is 12.6. The molecule has 0 radical (unpaired) electrons. The lowest BCUT2D eigenvalue weighted by molar-refractivity contribution is -0.135. The van der Waals surface area contributed by atoms with Crippen molar-refractivity contribution in [2.45, 2.75) is 70.2 Å². The van der Waals surface area contributed by atoms with Gasteiger partial charge in [-0.05, 0) is 31.2 Å². The maximum atomic E-state index is 12.5. The van der Waals surface area contributed by atoms with Crippen LogP contribution in [0.25, 0.3) is 0 Å². The summed E-state index contributed by atoms with van der Waals surface area (Å²) in [4.78, 5) is 14.4. The summed E-state index contributed by atoms with van der Waals surface area (Å²) in [5, 5.41) is 21.2. The Morgan fingerprint density at radius 3 is 2.88 bits per heavy atom. The summed E-state index contributed by atoms with van der Waals surface area (Å²) in [5.74, 6) is 7.04. The summed E-state index contributed by atoms with van der Waals surface area (Å²) in [6, 6.07) is 6.23. The number of carbonyl (C=O) groups excluding carboxylic acids is 1. The van der Waals surface area contributed by atoms with E-state index in [1.54, 1.807) is 6.92 Å². The van der Waals surface area contributed by atoms with Gasteiger partial charge in [-0.25, -0.2) is 0 Å². The SMILES string of the molecule is CC#CC[C@@H](C)[C@H](O)/C=C/[C@@H]1[C@H]2c3cccc(CCCC(=O)N4CCOCC4)c3O[C@H]2C[C@H]1O. The van der Waals surface area contributed by atoms with E-state index in [0.29, 0.717) is 45.6 Å². The van der Waals surface area contributed by atoms with Gasteiger partial charge in [-0.3, -0.25) is 4.79 Å². The first-order chi connectivity index (χ1) is 16.5. The van der Waals surface area contributed by atoms with E-state index in [2.05, 4.69) is 30.0 Å². The van der Waals surface area contributed by atoms with Crippen LogP contribution in [-0.4, -0.2) is 65.6 Å². The zero-order valence-corrected chi connectivity index (χ0v) is 20.3. The fraction of sp³-hybridized carbons (Fsp3) is 0.607. The number of aliphatic hydroxyl groups excluding tert-OH is 2. The van der Waals surface area contributed by atoms with Crippen molar-refractivity contribution in [3.8, 4) is 17.6 Å². The summed E-state index contributed by atoms with van der Waals surface area (Å²) in [7, 11) is 0. The summed E-state index contributed by atoms with van der Waals surface area (Å²) >= 11 is 0. The van der Waals surface area contributed by atoms with Crippen molar-refractivity contribution < 1.29 is 24.5 Å². The highest BCUT2D eigenvalue weighted by molar-refractivity contribution is 5.76. The van der Waals surface area contributed by atoms with Gasteiger partial charge in [0.25, 0.3) is 0 Å². The quantitative estimate of drug-likeness (QED) is 0.454. The number of nitrogens with zero attached hydrogens (tertiary/aromatic N) is 1. The average Bonchev–Trinajstić information content (AvgIpc) is 3.36. The third-order valence-electron chi connectivity index (χ3n) is 7.40. The topological polar surface area (TPSA) is 79.2 Å². The first kappa shape index (κ1) is 24.8. The number of amides is 1. The molecule has 1 amide bonds. The minimum atomic E-state index is -0.593. The molecule has 184 valence electrons. The molecule has 1 aliphatic carbocycles. The van der Waals surface area contributed by atoms with E-state index in [4.69, 9.17) is 9.47 Å². The van der Waals surface area contributed by atoms with E-state index in [1.165, 1.54) is 0 Å². The summed E-state index contributed by atoms with van der Waals surface area (Å²) in [6.45, 7) is 6.40. The molecule has 2 heterocycles. The van der Waals surface area contributed by atoms with Gasteiger partial charge in [-0.2, -0.15) is 0 Å². The predicted octanol–water partition coefficient (Wildman–Crippen LogP) is 3.06. The second kappa shape index (κ2) is 11.4. The third-order valence-corrected chi connectivity index (χ3v) is 7.40. The highest BCUT2D eigenvalue weighted by Gasteiger charge is 2.48. The lowest BCUT2D eigenvalue weighted by Crippen LogP contribution is -2.40. The molecule has 3 aliphatic rings. The van der Waals surface area contributed by atoms with Gasteiger partial charge in [-0.1, -0.05) is 37.3 Å². The van der Waals surface area contributed by atoms with Crippen LogP contribution < -0.4 is 4.74 Å². The number of benzene rings is 1. The van der Waals surface area contributed by atoms with Crippen LogP contribution in [0.1, 0.15) is 56.6 Å². The van der Waals surface area contributed by atoms with E-state index in [9.17, 15) is 15.0 Å². The molecule has 2 aliphatic heterocycles. The van der Waals surface area contributed by atoms with Crippen molar-refractivity contribution in [1.82, 2.24) is 4.90 Å². The van der Waals surface area contributed by atoms with Gasteiger partial charge in [0.1, 0.15) is 11.9 Å². The molecule has 0 bridgehead atoms. The van der Waals surface area contributed by atoms with Crippen LogP contribution >= 0.6 is 0 Å². The monoisotopic (exact) mass is 467 g/mol. The largest absolute Gasteiger partial charge is 0.489 e. The average molecular weight is 468 g/mol. The van der Waals surface area contributed by atoms with E-state index >= 15 is 0 Å². The zero-order chi connectivity index (χ0) is 24.1. The van der Waals surface area contributed by atoms with Crippen LogP contribution in [0.5, 0.6) is 5.75 Å². The van der Waals surface area contributed by atoms with Crippen molar-refractivity contribution in [3.05, 3.63) is 41.5 Å². The smallest absolute Gasteiger partial charge is 0.222 e. The van der Waals surface area contributed by atoms with E-state index < -0.39 is 12.2 Å². The molecule has 4 rings (SSSR count). The Morgan fingerprint density at radius 1 is 1.32 bits per heavy atom. The Labute approximate surface area is 202 Å². The fourth-order valence-corrected chi connectivity index (χ4v) is 5.38. The molecule has 0 spiro atoms. The molecule has 1 saturated carbocycles. The number of hydrogen-bond donors (Lipinski definition) is 2. The third kappa shape index (κ3) is 5.49. The second-order valence-electron chi connectivity index (χ2n) is 9.73. The van der Waals surface area contributed by atoms with E-state index in [1.807, 2.05) is 24.0 Å². The Balaban J connectivity index is 1.40. The van der Waals surface area contributed by atoms with Gasteiger partial charge in [0, 0.05) is 49.8 Å². The first-order valence-corrected chi connectivity index (χ1v) is 12.6. The maximum absolute atomic E-state index is 12.5. The Bertz CT molecular complexity index is 942. The van der Waals surface area contributed by atoms with Crippen LogP contribution in [0.15, 0.2) is 30.4 Å². The lowest BCUT2D eigenvalue weighted by atomic mass is 9.86. The number of hydrogen-bond acceptors (Lipinski definition) is 5. The van der Waals surface area contributed by atoms with Gasteiger partial charge in [0.05, 0.1) is 25.4 Å². The number of para-hydroxylation sites is 1. The molecule has 0 aromatic heterocycles. The molecule has 0 unspecified atom stereocenters. The zero-order valence-electron chi connectivity index (χ0n) is 20.3. The Kier molecular flexibility index (Phi) is 8.31. The molecule has 1 saturated heterocycles. The fourth-order valence-electron chi connectivity index (χ4n) is 5.38. The van der Waals surface area contributed by atoms with Gasteiger partial charge >= 0.3 is 0 Å². The molecule has 34 heavy (non-hydrogen) atoms. The predicted molar refractivity (Wildman–Crippen MR) is 130 cm³/mol. The van der Waals surface area contributed by atoms with Crippen molar-refractivity contribution in [2.75, 3.05) is 26.3 Å². The van der Waals surface area contributed by atoms with Crippen molar-refractivity contribution in [3.63, 3.8) is 0 Å². The summed E-state index contributed by atoms with van der Waals surface area (Å²) in [6.07, 6.45) is 5.96. The summed E-state index contributed by atoms with van der Waals surface area (Å²) in [5.41, 5.74) is 2.26. The normalized spacial score (nSPS) is 27.5. The number of fused-ring (bicyclic) bond motifs is 3. The van der Waals surface area contributed by atoms with Gasteiger partial charge < -0.3 is 24.6 Å². The van der Waals surface area contributed by atoms with Crippen LogP contribution in [0.4, 0.5) is 0 Å². The lowest BCUT2D eigenvalue weighted by Gasteiger charge is -2.26. The number of carbonyl (C=O) groups is 1. The van der Waals surface area contributed by atoms with Crippen molar-refractivity contribution in [2.24, 2.45) is 11.8 Å². The molecular formula is C28H37NO5. The molecule has 6 heteroatoms. The molecule has 1 aromatic carbocycles. The molecule has 2 N–H and O–H groups in total. The van der Waals surface area contributed by atoms with Gasteiger partial charge in [0.2, 0.25) is 5.91 Å². The minimum absolute atomic E-state index is 0.0388. The number of morpholine rings is 1. The van der Waals surface area contributed by atoms with Crippen LogP contribution in [0.2, 0.25) is 0 Å². The highest BCUT2D eigenvalue weighted by atomic mass is 16.5. The molecule has 1 aromatic rings. The number of aliphatic hydroxyl groups is 2. The highest BCUT2D eigenvalue weighted by Crippen LogP contribution is 2.52. The van der Waals surface area contributed by atoms with Crippen LogP contribution in [-0.2, 0) is 16.0 Å². The molecule has 6 nitrogen and oxygen atoms in total.